The molecule has 0 atom stereocenters. The summed E-state index contributed by atoms with van der Waals surface area (Å²) < 4.78 is 5.60. The third-order valence-corrected chi connectivity index (χ3v) is 4.81. The number of hydrogen-bond donors (Lipinski definition) is 0. The van der Waals surface area contributed by atoms with Crippen LogP contribution in [-0.2, 0) is 0 Å². The maximum atomic E-state index is 5.60. The van der Waals surface area contributed by atoms with Crippen LogP contribution in [0.1, 0.15) is 56.2 Å². The second-order valence-electron chi connectivity index (χ2n) is 7.15. The van der Waals surface area contributed by atoms with Gasteiger partial charge in [-0.1, -0.05) is 58.0 Å². The lowest BCUT2D eigenvalue weighted by Gasteiger charge is -2.27. The molecule has 3 heteroatoms. The van der Waals surface area contributed by atoms with Crippen molar-refractivity contribution in [2.75, 3.05) is 25.1 Å². The minimum atomic E-state index is 0.455. The average Bonchev–Trinajstić information content (AvgIpc) is 3.09. The summed E-state index contributed by atoms with van der Waals surface area (Å²) in [7, 11) is 1.73. The van der Waals surface area contributed by atoms with Gasteiger partial charge in [0.25, 0.3) is 0 Å². The maximum Gasteiger partial charge on any atom is 0.142 e. The van der Waals surface area contributed by atoms with E-state index in [9.17, 15) is 0 Å². The van der Waals surface area contributed by atoms with Gasteiger partial charge in [-0.25, -0.2) is 0 Å². The fraction of sp³-hybridized carbons (Fsp3) is 0.409. The molecule has 0 N–H and O–H groups in total. The number of anilines is 1. The highest BCUT2D eigenvalue weighted by atomic mass is 16.5. The van der Waals surface area contributed by atoms with Crippen molar-refractivity contribution in [3.63, 3.8) is 0 Å². The summed E-state index contributed by atoms with van der Waals surface area (Å²) >= 11 is 0. The molecular weight excluding hydrogens is 308 g/mol. The molecule has 0 saturated carbocycles. The summed E-state index contributed by atoms with van der Waals surface area (Å²) in [5, 5.41) is 0. The number of nitrogens with zero attached hydrogens (tertiary/aromatic N) is 2. The van der Waals surface area contributed by atoms with Crippen molar-refractivity contribution in [2.45, 2.75) is 39.5 Å². The Balaban J connectivity index is 2.15. The van der Waals surface area contributed by atoms with Gasteiger partial charge in [-0.15, -0.1) is 0 Å². The van der Waals surface area contributed by atoms with Crippen LogP contribution < -0.4 is 9.64 Å². The molecule has 25 heavy (non-hydrogen) atoms. The normalized spacial score (nSPS) is 14.4. The van der Waals surface area contributed by atoms with E-state index in [1.54, 1.807) is 7.11 Å². The van der Waals surface area contributed by atoms with Gasteiger partial charge in [-0.05, 0) is 35.1 Å². The highest BCUT2D eigenvalue weighted by molar-refractivity contribution is 6.13. The van der Waals surface area contributed by atoms with E-state index in [0.29, 0.717) is 11.8 Å². The molecule has 0 aliphatic carbocycles. The van der Waals surface area contributed by atoms with Gasteiger partial charge >= 0.3 is 0 Å². The molecule has 0 spiro atoms. The van der Waals surface area contributed by atoms with Gasteiger partial charge in [0.1, 0.15) is 11.6 Å². The predicted molar refractivity (Wildman–Crippen MR) is 106 cm³/mol. The van der Waals surface area contributed by atoms with E-state index in [-0.39, 0.29) is 0 Å². The zero-order valence-corrected chi connectivity index (χ0v) is 15.9. The first-order valence-corrected chi connectivity index (χ1v) is 9.12. The number of methoxy groups -OCH3 is 1. The fourth-order valence-corrected chi connectivity index (χ4v) is 3.56. The van der Waals surface area contributed by atoms with Crippen LogP contribution in [0.2, 0.25) is 0 Å². The molecule has 0 amide bonds. The van der Waals surface area contributed by atoms with Crippen molar-refractivity contribution in [3.05, 3.63) is 59.2 Å². The molecule has 0 radical (unpaired) electrons. The van der Waals surface area contributed by atoms with E-state index in [1.807, 2.05) is 12.1 Å². The summed E-state index contributed by atoms with van der Waals surface area (Å²) in [5.74, 6) is 2.88. The smallest absolute Gasteiger partial charge is 0.142 e. The van der Waals surface area contributed by atoms with Crippen LogP contribution in [-0.4, -0.2) is 26.0 Å². The first-order valence-electron chi connectivity index (χ1n) is 9.12. The standard InChI is InChI=1S/C22H28N2O/c1-15(2)17-9-8-10-18(16(3)4)21(17)22-23-13-14-24(22)19-11-6-7-12-20(19)25-5/h6-12,15-16H,13-14H2,1-5H3. The molecule has 132 valence electrons. The topological polar surface area (TPSA) is 24.8 Å². The van der Waals surface area contributed by atoms with Crippen LogP contribution >= 0.6 is 0 Å². The first kappa shape index (κ1) is 17.5. The Hall–Kier alpha value is -2.29. The maximum absolute atomic E-state index is 5.60. The number of aliphatic imine (C=N–C) groups is 1. The highest BCUT2D eigenvalue weighted by Crippen LogP contribution is 2.35. The van der Waals surface area contributed by atoms with Gasteiger partial charge in [-0.2, -0.15) is 0 Å². The van der Waals surface area contributed by atoms with Gasteiger partial charge in [-0.3, -0.25) is 4.99 Å². The van der Waals surface area contributed by atoms with Crippen molar-refractivity contribution in [2.24, 2.45) is 4.99 Å². The van der Waals surface area contributed by atoms with Crippen molar-refractivity contribution in [1.82, 2.24) is 0 Å². The Morgan fingerprint density at radius 1 is 0.920 bits per heavy atom. The summed E-state index contributed by atoms with van der Waals surface area (Å²) in [6.07, 6.45) is 0. The van der Waals surface area contributed by atoms with Crippen molar-refractivity contribution >= 4 is 11.5 Å². The highest BCUT2D eigenvalue weighted by Gasteiger charge is 2.27. The Morgan fingerprint density at radius 2 is 1.56 bits per heavy atom. The quantitative estimate of drug-likeness (QED) is 0.749. The van der Waals surface area contributed by atoms with Crippen molar-refractivity contribution in [1.29, 1.82) is 0 Å². The second-order valence-corrected chi connectivity index (χ2v) is 7.15. The zero-order valence-electron chi connectivity index (χ0n) is 15.9. The molecule has 1 heterocycles. The van der Waals surface area contributed by atoms with E-state index in [2.05, 4.69) is 62.9 Å². The Morgan fingerprint density at radius 3 is 2.16 bits per heavy atom. The third-order valence-electron chi connectivity index (χ3n) is 4.81. The zero-order chi connectivity index (χ0) is 18.0. The molecular formula is C22H28N2O. The number of ether oxygens (including phenoxy) is 1. The van der Waals surface area contributed by atoms with E-state index in [0.717, 1.165) is 30.4 Å². The number of benzene rings is 2. The number of rotatable bonds is 5. The SMILES string of the molecule is COc1ccccc1N1CCN=C1c1c(C(C)C)cccc1C(C)C. The van der Waals surface area contributed by atoms with E-state index in [4.69, 9.17) is 9.73 Å². The largest absolute Gasteiger partial charge is 0.495 e. The van der Waals surface area contributed by atoms with Gasteiger partial charge in [0, 0.05) is 12.1 Å². The molecule has 2 aromatic rings. The molecule has 0 saturated heterocycles. The molecule has 1 aliphatic heterocycles. The monoisotopic (exact) mass is 336 g/mol. The molecule has 2 aromatic carbocycles. The molecule has 0 unspecified atom stereocenters. The predicted octanol–water partition coefficient (Wildman–Crippen LogP) is 5.21. The van der Waals surface area contributed by atoms with Crippen LogP contribution in [0.5, 0.6) is 5.75 Å². The van der Waals surface area contributed by atoms with Crippen LogP contribution in [0.3, 0.4) is 0 Å². The van der Waals surface area contributed by atoms with Gasteiger partial charge < -0.3 is 9.64 Å². The van der Waals surface area contributed by atoms with Gasteiger partial charge in [0.15, 0.2) is 0 Å². The molecule has 0 bridgehead atoms. The van der Waals surface area contributed by atoms with Crippen molar-refractivity contribution < 1.29 is 4.74 Å². The number of amidine groups is 1. The summed E-state index contributed by atoms with van der Waals surface area (Å²) in [4.78, 5) is 7.22. The van der Waals surface area contributed by atoms with Gasteiger partial charge in [0.05, 0.1) is 19.3 Å². The third kappa shape index (κ3) is 3.28. The summed E-state index contributed by atoms with van der Waals surface area (Å²) in [5.41, 5.74) is 5.13. The minimum absolute atomic E-state index is 0.455. The van der Waals surface area contributed by atoms with Crippen LogP contribution in [0.25, 0.3) is 0 Å². The van der Waals surface area contributed by atoms with Crippen LogP contribution in [0, 0.1) is 0 Å². The van der Waals surface area contributed by atoms with E-state index < -0.39 is 0 Å². The van der Waals surface area contributed by atoms with Gasteiger partial charge in [0.2, 0.25) is 0 Å². The lowest BCUT2D eigenvalue weighted by Crippen LogP contribution is -2.30. The Labute approximate surface area is 151 Å². The minimum Gasteiger partial charge on any atom is -0.495 e. The molecule has 3 rings (SSSR count). The Kier molecular flexibility index (Phi) is 5.12. The molecule has 3 nitrogen and oxygen atoms in total. The lowest BCUT2D eigenvalue weighted by atomic mass is 9.87. The van der Waals surface area contributed by atoms with Crippen LogP contribution in [0.15, 0.2) is 47.5 Å². The van der Waals surface area contributed by atoms with E-state index >= 15 is 0 Å². The molecule has 0 aromatic heterocycles. The fourth-order valence-electron chi connectivity index (χ4n) is 3.56. The first-order chi connectivity index (χ1) is 12.0. The van der Waals surface area contributed by atoms with E-state index in [1.165, 1.54) is 16.7 Å². The molecule has 0 fully saturated rings. The van der Waals surface area contributed by atoms with Crippen molar-refractivity contribution in [3.8, 4) is 5.75 Å². The number of hydrogen-bond acceptors (Lipinski definition) is 3. The summed E-state index contributed by atoms with van der Waals surface area (Å²) in [6, 6.07) is 14.9. The van der Waals surface area contributed by atoms with Crippen LogP contribution in [0.4, 0.5) is 5.69 Å². The second kappa shape index (κ2) is 7.30. The Bertz CT molecular complexity index is 751. The summed E-state index contributed by atoms with van der Waals surface area (Å²) in [6.45, 7) is 10.7. The molecule has 1 aliphatic rings. The average molecular weight is 336 g/mol. The number of para-hydroxylation sites is 2. The lowest BCUT2D eigenvalue weighted by molar-refractivity contribution is 0.415.